The highest BCUT2D eigenvalue weighted by atomic mass is 14.9. The van der Waals surface area contributed by atoms with Gasteiger partial charge < -0.3 is 5.32 Å². The van der Waals surface area contributed by atoms with E-state index in [1.807, 2.05) is 18.5 Å². The van der Waals surface area contributed by atoms with E-state index >= 15 is 0 Å². The molecule has 14 heavy (non-hydrogen) atoms. The highest BCUT2D eigenvalue weighted by Gasteiger charge is 2.22. The van der Waals surface area contributed by atoms with E-state index < -0.39 is 0 Å². The van der Waals surface area contributed by atoms with Crippen LogP contribution in [0.2, 0.25) is 0 Å². The Bertz CT molecular complexity index is 271. The Morgan fingerprint density at radius 3 is 3.07 bits per heavy atom. The summed E-state index contributed by atoms with van der Waals surface area (Å²) in [5.74, 6) is 0.840. The van der Waals surface area contributed by atoms with Gasteiger partial charge in [0, 0.05) is 25.0 Å². The number of nitrogens with one attached hydrogen (secondary N) is 1. The van der Waals surface area contributed by atoms with Crippen molar-refractivity contribution in [3.05, 3.63) is 30.1 Å². The Morgan fingerprint density at radius 1 is 1.50 bits per heavy atom. The monoisotopic (exact) mass is 190 g/mol. The van der Waals surface area contributed by atoms with Gasteiger partial charge in [-0.05, 0) is 30.4 Å². The van der Waals surface area contributed by atoms with E-state index in [0.717, 1.165) is 18.5 Å². The lowest BCUT2D eigenvalue weighted by molar-refractivity contribution is 0.426. The maximum absolute atomic E-state index is 4.11. The fraction of sp³-hybridized carbons (Fsp3) is 0.583. The summed E-state index contributed by atoms with van der Waals surface area (Å²) in [5, 5.41) is 3.61. The summed E-state index contributed by atoms with van der Waals surface area (Å²) >= 11 is 0. The van der Waals surface area contributed by atoms with Crippen molar-refractivity contribution < 1.29 is 0 Å². The lowest BCUT2D eigenvalue weighted by Crippen LogP contribution is -2.30. The molecule has 1 aliphatic carbocycles. The maximum Gasteiger partial charge on any atom is 0.0312 e. The van der Waals surface area contributed by atoms with Crippen molar-refractivity contribution >= 4 is 0 Å². The molecular weight excluding hydrogens is 172 g/mol. The second-order valence-electron chi connectivity index (χ2n) is 4.26. The molecule has 1 aliphatic rings. The molecule has 0 spiro atoms. The van der Waals surface area contributed by atoms with Crippen LogP contribution in [0.15, 0.2) is 24.5 Å². The lowest BCUT2D eigenvalue weighted by Gasteiger charge is -2.16. The Labute approximate surface area is 85.7 Å². The van der Waals surface area contributed by atoms with Crippen LogP contribution in [0.5, 0.6) is 0 Å². The van der Waals surface area contributed by atoms with Crippen molar-refractivity contribution in [2.75, 3.05) is 0 Å². The highest BCUT2D eigenvalue weighted by molar-refractivity contribution is 5.08. The first kappa shape index (κ1) is 9.66. The Morgan fingerprint density at radius 2 is 2.43 bits per heavy atom. The number of rotatable bonds is 3. The molecule has 1 saturated carbocycles. The molecule has 1 N–H and O–H groups in total. The number of nitrogens with zero attached hydrogens (tertiary/aromatic N) is 1. The summed E-state index contributed by atoms with van der Waals surface area (Å²) in [6.45, 7) is 3.30. The van der Waals surface area contributed by atoms with Gasteiger partial charge in [-0.1, -0.05) is 19.4 Å². The molecule has 0 aromatic carbocycles. The molecule has 2 atom stereocenters. The number of hydrogen-bond donors (Lipinski definition) is 1. The van der Waals surface area contributed by atoms with Gasteiger partial charge in [0.2, 0.25) is 0 Å². The third kappa shape index (κ3) is 2.32. The van der Waals surface area contributed by atoms with Crippen LogP contribution >= 0.6 is 0 Å². The predicted octanol–water partition coefficient (Wildman–Crippen LogP) is 2.36. The van der Waals surface area contributed by atoms with Crippen LogP contribution in [0.25, 0.3) is 0 Å². The Balaban J connectivity index is 1.82. The van der Waals surface area contributed by atoms with Crippen LogP contribution in [0.1, 0.15) is 31.7 Å². The second kappa shape index (κ2) is 4.56. The molecule has 0 amide bonds. The molecule has 0 saturated heterocycles. The summed E-state index contributed by atoms with van der Waals surface area (Å²) in [5.41, 5.74) is 1.28. The maximum atomic E-state index is 4.11. The third-order valence-electron chi connectivity index (χ3n) is 3.15. The van der Waals surface area contributed by atoms with Crippen molar-refractivity contribution in [2.24, 2.45) is 5.92 Å². The minimum atomic E-state index is 0.718. The van der Waals surface area contributed by atoms with Crippen LogP contribution in [0.4, 0.5) is 0 Å². The lowest BCUT2D eigenvalue weighted by atomic mass is 10.1. The fourth-order valence-corrected chi connectivity index (χ4v) is 2.20. The van der Waals surface area contributed by atoms with Gasteiger partial charge in [0.25, 0.3) is 0 Å². The molecular formula is C12H18N2. The molecule has 2 heteroatoms. The molecule has 76 valence electrons. The minimum Gasteiger partial charge on any atom is -0.310 e. The number of hydrogen-bond acceptors (Lipinski definition) is 2. The number of aromatic nitrogens is 1. The van der Waals surface area contributed by atoms with Gasteiger partial charge in [-0.3, -0.25) is 4.98 Å². The predicted molar refractivity (Wildman–Crippen MR) is 57.9 cm³/mol. The van der Waals surface area contributed by atoms with Gasteiger partial charge in [0.05, 0.1) is 0 Å². The van der Waals surface area contributed by atoms with E-state index in [1.54, 1.807) is 0 Å². The molecule has 2 nitrogen and oxygen atoms in total. The summed E-state index contributed by atoms with van der Waals surface area (Å²) in [7, 11) is 0. The number of pyridine rings is 1. The molecule has 0 radical (unpaired) electrons. The van der Waals surface area contributed by atoms with Crippen LogP contribution < -0.4 is 5.32 Å². The second-order valence-corrected chi connectivity index (χ2v) is 4.26. The SMILES string of the molecule is CC1CCCC1NCc1cccnc1. The van der Waals surface area contributed by atoms with Gasteiger partial charge >= 0.3 is 0 Å². The van der Waals surface area contributed by atoms with Gasteiger partial charge in [-0.2, -0.15) is 0 Å². The quantitative estimate of drug-likeness (QED) is 0.791. The summed E-state index contributed by atoms with van der Waals surface area (Å²) in [6, 6.07) is 4.84. The molecule has 1 aromatic rings. The third-order valence-corrected chi connectivity index (χ3v) is 3.15. The first-order valence-corrected chi connectivity index (χ1v) is 5.48. The molecule has 2 rings (SSSR count). The molecule has 0 bridgehead atoms. The largest absolute Gasteiger partial charge is 0.310 e. The van der Waals surface area contributed by atoms with E-state index in [2.05, 4.69) is 23.3 Å². The van der Waals surface area contributed by atoms with Crippen LogP contribution in [0, 0.1) is 5.92 Å². The first-order valence-electron chi connectivity index (χ1n) is 5.48. The highest BCUT2D eigenvalue weighted by Crippen LogP contribution is 2.24. The van der Waals surface area contributed by atoms with Crippen molar-refractivity contribution in [1.29, 1.82) is 0 Å². The van der Waals surface area contributed by atoms with Crippen molar-refractivity contribution in [2.45, 2.75) is 38.8 Å². The average Bonchev–Trinajstić information content (AvgIpc) is 2.63. The average molecular weight is 190 g/mol. The standard InChI is InChI=1S/C12H18N2/c1-10-4-2-6-12(10)14-9-11-5-3-7-13-8-11/h3,5,7-8,10,12,14H,2,4,6,9H2,1H3. The van der Waals surface area contributed by atoms with Crippen molar-refractivity contribution in [1.82, 2.24) is 10.3 Å². The normalized spacial score (nSPS) is 26.6. The van der Waals surface area contributed by atoms with E-state index in [4.69, 9.17) is 0 Å². The van der Waals surface area contributed by atoms with Crippen LogP contribution in [-0.4, -0.2) is 11.0 Å². The Hall–Kier alpha value is -0.890. The zero-order valence-electron chi connectivity index (χ0n) is 8.74. The van der Waals surface area contributed by atoms with E-state index in [0.29, 0.717) is 0 Å². The van der Waals surface area contributed by atoms with E-state index in [1.165, 1.54) is 24.8 Å². The van der Waals surface area contributed by atoms with Gasteiger partial charge in [0.1, 0.15) is 0 Å². The summed E-state index contributed by atoms with van der Waals surface area (Å²) < 4.78 is 0. The molecule has 1 aromatic heterocycles. The molecule has 1 heterocycles. The molecule has 0 aliphatic heterocycles. The fourth-order valence-electron chi connectivity index (χ4n) is 2.20. The summed E-state index contributed by atoms with van der Waals surface area (Å²) in [4.78, 5) is 4.11. The van der Waals surface area contributed by atoms with Crippen molar-refractivity contribution in [3.8, 4) is 0 Å². The van der Waals surface area contributed by atoms with Gasteiger partial charge in [0.15, 0.2) is 0 Å². The van der Waals surface area contributed by atoms with Crippen LogP contribution in [0.3, 0.4) is 0 Å². The first-order chi connectivity index (χ1) is 6.86. The van der Waals surface area contributed by atoms with E-state index in [9.17, 15) is 0 Å². The smallest absolute Gasteiger partial charge is 0.0312 e. The van der Waals surface area contributed by atoms with Crippen molar-refractivity contribution in [3.63, 3.8) is 0 Å². The molecule has 2 unspecified atom stereocenters. The van der Waals surface area contributed by atoms with Gasteiger partial charge in [-0.25, -0.2) is 0 Å². The minimum absolute atomic E-state index is 0.718. The zero-order valence-corrected chi connectivity index (χ0v) is 8.74. The van der Waals surface area contributed by atoms with Gasteiger partial charge in [-0.15, -0.1) is 0 Å². The Kier molecular flexibility index (Phi) is 3.14. The molecule has 1 fully saturated rings. The zero-order chi connectivity index (χ0) is 9.80. The topological polar surface area (TPSA) is 24.9 Å². The van der Waals surface area contributed by atoms with Crippen LogP contribution in [-0.2, 0) is 6.54 Å². The summed E-state index contributed by atoms with van der Waals surface area (Å²) in [6.07, 6.45) is 7.85. The van der Waals surface area contributed by atoms with E-state index in [-0.39, 0.29) is 0 Å².